The number of unbranched alkanes of at least 4 members (excludes halogenated alkanes) is 6. The molecule has 0 N–H and O–H groups in total. The second-order valence-corrected chi connectivity index (χ2v) is 10.9. The topological polar surface area (TPSA) is 23.8 Å². The van der Waals surface area contributed by atoms with Crippen LogP contribution in [-0.4, -0.2) is 0 Å². The fourth-order valence-electron chi connectivity index (χ4n) is 6.47. The predicted molar refractivity (Wildman–Crippen MR) is 136 cm³/mol. The van der Waals surface area contributed by atoms with Crippen LogP contribution < -0.4 is 0 Å². The molecule has 0 radical (unpaired) electrons. The molecule has 2 heteroatoms. The third-order valence-corrected chi connectivity index (χ3v) is 8.92. The Hall–Kier alpha value is -1.78. The molecule has 0 amide bonds. The number of fused-ring (bicyclic) bond motifs is 3. The van der Waals surface area contributed by atoms with Crippen molar-refractivity contribution in [1.29, 1.82) is 5.26 Å². The van der Waals surface area contributed by atoms with Gasteiger partial charge in [0.2, 0.25) is 0 Å². The second-order valence-electron chi connectivity index (χ2n) is 10.5. The average molecular weight is 448 g/mol. The first-order chi connectivity index (χ1) is 15.6. The number of nitriles is 1. The summed E-state index contributed by atoms with van der Waals surface area (Å²) in [6.07, 6.45) is 19.5. The lowest BCUT2D eigenvalue weighted by Crippen LogP contribution is -2.44. The molecule has 0 spiro atoms. The highest BCUT2D eigenvalue weighted by atomic mass is 35.5. The Bertz CT molecular complexity index is 929. The van der Waals surface area contributed by atoms with Gasteiger partial charge in [-0.3, -0.25) is 0 Å². The Morgan fingerprint density at radius 1 is 0.844 bits per heavy atom. The minimum Gasteiger partial charge on any atom is -0.192 e. The standard InChI is InChI=1S/C30H38ClN/c1-2-3-4-5-6-7-10-15-29-16-19-30(20-17-29,21-18-29)27-12-9-8-11-26(27)24-13-14-25(23-32)28(31)22-24/h8-9,11-14,22H,2-7,10,15-21H2,1H3. The molecule has 0 saturated heterocycles. The fourth-order valence-corrected chi connectivity index (χ4v) is 6.69. The van der Waals surface area contributed by atoms with E-state index in [0.29, 0.717) is 21.4 Å². The van der Waals surface area contributed by atoms with Crippen LogP contribution in [0.3, 0.4) is 0 Å². The van der Waals surface area contributed by atoms with Crippen molar-refractivity contribution in [2.45, 2.75) is 102 Å². The maximum atomic E-state index is 9.24. The minimum absolute atomic E-state index is 0.318. The van der Waals surface area contributed by atoms with E-state index in [-0.39, 0.29) is 0 Å². The van der Waals surface area contributed by atoms with Gasteiger partial charge in [-0.15, -0.1) is 0 Å². The van der Waals surface area contributed by atoms with Crippen molar-refractivity contribution < 1.29 is 0 Å². The molecule has 0 atom stereocenters. The maximum absolute atomic E-state index is 9.24. The van der Waals surface area contributed by atoms with E-state index in [2.05, 4.69) is 43.3 Å². The quantitative estimate of drug-likeness (QED) is 0.332. The summed E-state index contributed by atoms with van der Waals surface area (Å²) in [5, 5.41) is 9.79. The molecule has 2 aromatic carbocycles. The summed E-state index contributed by atoms with van der Waals surface area (Å²) in [7, 11) is 0. The van der Waals surface area contributed by atoms with Gasteiger partial charge in [0.05, 0.1) is 10.6 Å². The van der Waals surface area contributed by atoms with Gasteiger partial charge in [-0.2, -0.15) is 5.26 Å². The Balaban J connectivity index is 1.42. The molecule has 32 heavy (non-hydrogen) atoms. The number of benzene rings is 2. The number of hydrogen-bond acceptors (Lipinski definition) is 1. The van der Waals surface area contributed by atoms with Gasteiger partial charge < -0.3 is 0 Å². The Labute approximate surface area is 200 Å². The van der Waals surface area contributed by atoms with Crippen molar-refractivity contribution in [1.82, 2.24) is 0 Å². The summed E-state index contributed by atoms with van der Waals surface area (Å²) in [6.45, 7) is 2.29. The molecule has 3 aliphatic rings. The summed E-state index contributed by atoms with van der Waals surface area (Å²) >= 11 is 6.39. The van der Waals surface area contributed by atoms with Gasteiger partial charge in [-0.05, 0) is 84.6 Å². The lowest BCUT2D eigenvalue weighted by Gasteiger charge is -2.54. The van der Waals surface area contributed by atoms with E-state index in [9.17, 15) is 5.26 Å². The van der Waals surface area contributed by atoms with Gasteiger partial charge >= 0.3 is 0 Å². The average Bonchev–Trinajstić information content (AvgIpc) is 2.84. The van der Waals surface area contributed by atoms with Crippen molar-refractivity contribution >= 4 is 11.6 Å². The monoisotopic (exact) mass is 447 g/mol. The van der Waals surface area contributed by atoms with Gasteiger partial charge in [0, 0.05) is 0 Å². The van der Waals surface area contributed by atoms with Crippen LogP contribution in [0.25, 0.3) is 11.1 Å². The van der Waals surface area contributed by atoms with Gasteiger partial charge in [0.25, 0.3) is 0 Å². The zero-order valence-corrected chi connectivity index (χ0v) is 20.5. The van der Waals surface area contributed by atoms with Gasteiger partial charge in [-0.1, -0.05) is 93.8 Å². The van der Waals surface area contributed by atoms with Crippen molar-refractivity contribution in [2.24, 2.45) is 5.41 Å². The number of hydrogen-bond donors (Lipinski definition) is 0. The third-order valence-electron chi connectivity index (χ3n) is 8.61. The van der Waals surface area contributed by atoms with Gasteiger partial charge in [0.1, 0.15) is 6.07 Å². The first kappa shape index (κ1) is 23.4. The summed E-state index contributed by atoms with van der Waals surface area (Å²) in [4.78, 5) is 0. The molecular weight excluding hydrogens is 410 g/mol. The van der Waals surface area contributed by atoms with Gasteiger partial charge in [-0.25, -0.2) is 0 Å². The van der Waals surface area contributed by atoms with E-state index in [0.717, 1.165) is 5.56 Å². The first-order valence-corrected chi connectivity index (χ1v) is 13.3. The molecule has 0 unspecified atom stereocenters. The van der Waals surface area contributed by atoms with E-state index in [1.54, 1.807) is 0 Å². The second kappa shape index (κ2) is 10.4. The summed E-state index contributed by atoms with van der Waals surface area (Å²) in [5.41, 5.74) is 5.45. The molecule has 170 valence electrons. The Kier molecular flexibility index (Phi) is 7.63. The molecule has 0 aliphatic heterocycles. The van der Waals surface area contributed by atoms with Crippen LogP contribution in [0.5, 0.6) is 0 Å². The molecule has 3 saturated carbocycles. The smallest absolute Gasteiger partial charge is 0.101 e. The highest BCUT2D eigenvalue weighted by Crippen LogP contribution is 2.60. The summed E-state index contributed by atoms with van der Waals surface area (Å²) in [5.74, 6) is 0. The minimum atomic E-state index is 0.318. The lowest BCUT2D eigenvalue weighted by atomic mass is 9.50. The Morgan fingerprint density at radius 3 is 2.16 bits per heavy atom. The van der Waals surface area contributed by atoms with E-state index in [4.69, 9.17) is 11.6 Å². The van der Waals surface area contributed by atoms with Crippen molar-refractivity contribution in [3.05, 3.63) is 58.6 Å². The van der Waals surface area contributed by atoms with Crippen LogP contribution in [0.2, 0.25) is 5.02 Å². The molecular formula is C30H38ClN. The molecule has 2 aromatic rings. The van der Waals surface area contributed by atoms with Crippen LogP contribution in [0, 0.1) is 16.7 Å². The number of nitrogens with zero attached hydrogens (tertiary/aromatic N) is 1. The molecule has 2 bridgehead atoms. The van der Waals surface area contributed by atoms with Crippen LogP contribution >= 0.6 is 11.6 Å². The normalized spacial score (nSPS) is 24.4. The van der Waals surface area contributed by atoms with E-state index < -0.39 is 0 Å². The predicted octanol–water partition coefficient (Wildman–Crippen LogP) is 9.61. The van der Waals surface area contributed by atoms with Crippen LogP contribution in [0.4, 0.5) is 0 Å². The summed E-state index contributed by atoms with van der Waals surface area (Å²) < 4.78 is 0. The lowest BCUT2D eigenvalue weighted by molar-refractivity contribution is 0.0307. The maximum Gasteiger partial charge on any atom is 0.101 e. The first-order valence-electron chi connectivity index (χ1n) is 12.9. The highest BCUT2D eigenvalue weighted by molar-refractivity contribution is 6.32. The largest absolute Gasteiger partial charge is 0.192 e. The van der Waals surface area contributed by atoms with Crippen LogP contribution in [-0.2, 0) is 5.41 Å². The van der Waals surface area contributed by atoms with E-state index in [1.807, 2.05) is 12.1 Å². The van der Waals surface area contributed by atoms with Gasteiger partial charge in [0.15, 0.2) is 0 Å². The number of halogens is 1. The SMILES string of the molecule is CCCCCCCCCC12CCC(c3ccccc3-c3ccc(C#N)c(Cl)c3)(CC1)CC2. The molecule has 0 heterocycles. The van der Waals surface area contributed by atoms with E-state index >= 15 is 0 Å². The fraction of sp³-hybridized carbons (Fsp3) is 0.567. The zero-order chi connectivity index (χ0) is 22.4. The van der Waals surface area contributed by atoms with Crippen LogP contribution in [0.1, 0.15) is 108 Å². The number of rotatable bonds is 10. The Morgan fingerprint density at radius 2 is 1.50 bits per heavy atom. The summed E-state index contributed by atoms with van der Waals surface area (Å²) in [6, 6.07) is 17.0. The molecule has 0 aromatic heterocycles. The molecule has 5 rings (SSSR count). The van der Waals surface area contributed by atoms with Crippen molar-refractivity contribution in [3.8, 4) is 17.2 Å². The zero-order valence-electron chi connectivity index (χ0n) is 19.8. The third kappa shape index (κ3) is 4.92. The van der Waals surface area contributed by atoms with Crippen molar-refractivity contribution in [2.75, 3.05) is 0 Å². The highest BCUT2D eigenvalue weighted by Gasteiger charge is 2.49. The molecule has 3 aliphatic carbocycles. The van der Waals surface area contributed by atoms with Crippen molar-refractivity contribution in [3.63, 3.8) is 0 Å². The van der Waals surface area contributed by atoms with E-state index in [1.165, 1.54) is 101 Å². The molecule has 3 fully saturated rings. The van der Waals surface area contributed by atoms with Crippen LogP contribution in [0.15, 0.2) is 42.5 Å². The molecule has 1 nitrogen and oxygen atoms in total.